The summed E-state index contributed by atoms with van der Waals surface area (Å²) < 4.78 is 0. The molecule has 0 saturated heterocycles. The fraction of sp³-hybridized carbons (Fsp3) is 0.200. The molecule has 0 aliphatic rings. The molecule has 0 aliphatic carbocycles. The summed E-state index contributed by atoms with van der Waals surface area (Å²) in [6, 6.07) is 16.9. The normalized spacial score (nSPS) is 9.65. The lowest BCUT2D eigenvalue weighted by Crippen LogP contribution is -1.84. The molecule has 0 atom stereocenters. The zero-order chi connectivity index (χ0) is 14.2. The van der Waals surface area contributed by atoms with E-state index in [0.717, 1.165) is 30.4 Å². The molecule has 0 saturated carbocycles. The highest BCUT2D eigenvalue weighted by Crippen LogP contribution is 2.08. The van der Waals surface area contributed by atoms with E-state index < -0.39 is 0 Å². The van der Waals surface area contributed by atoms with Gasteiger partial charge in [-0.25, -0.2) is 0 Å². The molecule has 20 heavy (non-hydrogen) atoms. The fourth-order valence-electron chi connectivity index (χ4n) is 2.04. The van der Waals surface area contributed by atoms with E-state index >= 15 is 0 Å². The summed E-state index contributed by atoms with van der Waals surface area (Å²) in [6.07, 6.45) is 5.08. The molecule has 2 rings (SSSR count). The van der Waals surface area contributed by atoms with Gasteiger partial charge in [-0.3, -0.25) is 0 Å². The molecule has 0 amide bonds. The third-order valence-electron chi connectivity index (χ3n) is 3.28. The van der Waals surface area contributed by atoms with Gasteiger partial charge in [-0.1, -0.05) is 49.1 Å². The number of hydrogen-bond acceptors (Lipinski definition) is 0. The first kappa shape index (κ1) is 14.2. The van der Waals surface area contributed by atoms with Gasteiger partial charge in [-0.2, -0.15) is 0 Å². The van der Waals surface area contributed by atoms with Crippen molar-refractivity contribution >= 4 is 0 Å². The van der Waals surface area contributed by atoms with Crippen LogP contribution in [0, 0.1) is 11.8 Å². The lowest BCUT2D eigenvalue weighted by Gasteiger charge is -1.98. The Balaban J connectivity index is 2.09. The maximum atomic E-state index is 3.75. The molecule has 0 N–H and O–H groups in total. The van der Waals surface area contributed by atoms with Gasteiger partial charge in [0.05, 0.1) is 0 Å². The minimum atomic E-state index is 1.02. The number of allylic oxidation sites excluding steroid dienone is 1. The Hall–Kier alpha value is -2.26. The highest BCUT2D eigenvalue weighted by atomic mass is 14.0. The van der Waals surface area contributed by atoms with Crippen molar-refractivity contribution in [1.82, 2.24) is 0 Å². The largest absolute Gasteiger partial charge is 0.103 e. The summed E-state index contributed by atoms with van der Waals surface area (Å²) in [7, 11) is 0. The van der Waals surface area contributed by atoms with Gasteiger partial charge in [0.2, 0.25) is 0 Å². The summed E-state index contributed by atoms with van der Waals surface area (Å²) in [5.41, 5.74) is 4.81. The highest BCUT2D eigenvalue weighted by Gasteiger charge is 1.93. The SMILES string of the molecule is C=CCCc1ccc(C#Cc2cccc(CC)c2)cc1. The monoisotopic (exact) mass is 260 g/mol. The molecule has 0 spiro atoms. The van der Waals surface area contributed by atoms with Crippen molar-refractivity contribution in [3.05, 3.63) is 83.4 Å². The van der Waals surface area contributed by atoms with Crippen molar-refractivity contribution < 1.29 is 0 Å². The molecule has 0 radical (unpaired) electrons. The van der Waals surface area contributed by atoms with Gasteiger partial charge in [0.25, 0.3) is 0 Å². The van der Waals surface area contributed by atoms with Crippen molar-refractivity contribution in [3.8, 4) is 11.8 Å². The van der Waals surface area contributed by atoms with Crippen molar-refractivity contribution in [2.75, 3.05) is 0 Å². The van der Waals surface area contributed by atoms with Gasteiger partial charge in [-0.15, -0.1) is 6.58 Å². The summed E-state index contributed by atoms with van der Waals surface area (Å²) in [4.78, 5) is 0. The molecule has 0 aromatic heterocycles. The van der Waals surface area contributed by atoms with Crippen molar-refractivity contribution in [2.45, 2.75) is 26.2 Å². The second-order valence-corrected chi connectivity index (χ2v) is 4.83. The van der Waals surface area contributed by atoms with Crippen molar-refractivity contribution in [3.63, 3.8) is 0 Å². The first-order valence-corrected chi connectivity index (χ1v) is 7.12. The fourth-order valence-corrected chi connectivity index (χ4v) is 2.04. The molecular formula is C20H20. The van der Waals surface area contributed by atoms with Crippen LogP contribution in [0.4, 0.5) is 0 Å². The van der Waals surface area contributed by atoms with Crippen LogP contribution in [0.25, 0.3) is 0 Å². The number of rotatable bonds is 4. The average molecular weight is 260 g/mol. The van der Waals surface area contributed by atoms with E-state index in [2.05, 4.69) is 73.9 Å². The van der Waals surface area contributed by atoms with Crippen LogP contribution in [0.15, 0.2) is 61.2 Å². The van der Waals surface area contributed by atoms with Crippen molar-refractivity contribution in [2.24, 2.45) is 0 Å². The summed E-state index contributed by atoms with van der Waals surface area (Å²) in [5, 5.41) is 0. The molecule has 0 heteroatoms. The summed E-state index contributed by atoms with van der Waals surface area (Å²) in [6.45, 7) is 5.91. The third kappa shape index (κ3) is 4.14. The van der Waals surface area contributed by atoms with Crippen LogP contribution in [0.1, 0.15) is 35.6 Å². The lowest BCUT2D eigenvalue weighted by atomic mass is 10.1. The molecule has 0 nitrogen and oxygen atoms in total. The second-order valence-electron chi connectivity index (χ2n) is 4.83. The van der Waals surface area contributed by atoms with E-state index in [4.69, 9.17) is 0 Å². The van der Waals surface area contributed by atoms with Gasteiger partial charge in [0.1, 0.15) is 0 Å². The van der Waals surface area contributed by atoms with E-state index in [-0.39, 0.29) is 0 Å². The molecule has 0 heterocycles. The van der Waals surface area contributed by atoms with Gasteiger partial charge in [-0.05, 0) is 54.7 Å². The van der Waals surface area contributed by atoms with E-state index in [9.17, 15) is 0 Å². The van der Waals surface area contributed by atoms with Crippen molar-refractivity contribution in [1.29, 1.82) is 0 Å². The smallest absolute Gasteiger partial charge is 0.0251 e. The predicted octanol–water partition coefficient (Wildman–Crippen LogP) is 4.77. The maximum Gasteiger partial charge on any atom is 0.0251 e. The Labute approximate surface area is 122 Å². The van der Waals surface area contributed by atoms with Gasteiger partial charge in [0, 0.05) is 11.1 Å². The van der Waals surface area contributed by atoms with E-state index in [1.54, 1.807) is 0 Å². The topological polar surface area (TPSA) is 0 Å². The molecule has 2 aromatic rings. The Bertz CT molecular complexity index is 621. The molecule has 0 aliphatic heterocycles. The molecule has 0 bridgehead atoms. The first-order chi connectivity index (χ1) is 9.81. The minimum absolute atomic E-state index is 1.02. The van der Waals surface area contributed by atoms with Gasteiger partial charge in [0.15, 0.2) is 0 Å². The van der Waals surface area contributed by atoms with E-state index in [1.165, 1.54) is 11.1 Å². The number of aryl methyl sites for hydroxylation is 2. The predicted molar refractivity (Wildman–Crippen MR) is 86.8 cm³/mol. The Morgan fingerprint density at radius 1 is 0.950 bits per heavy atom. The van der Waals surface area contributed by atoms with Crippen LogP contribution < -0.4 is 0 Å². The van der Waals surface area contributed by atoms with Gasteiger partial charge >= 0.3 is 0 Å². The minimum Gasteiger partial charge on any atom is -0.103 e. The van der Waals surface area contributed by atoms with Crippen LogP contribution in [-0.2, 0) is 12.8 Å². The van der Waals surface area contributed by atoms with Crippen LogP contribution in [0.5, 0.6) is 0 Å². The standard InChI is InChI=1S/C20H20/c1-3-5-7-18-10-12-19(13-11-18)14-15-20-9-6-8-17(4-2)16-20/h3,6,8-13,16H,1,4-5,7H2,2H3. The molecule has 2 aromatic carbocycles. The second kappa shape index (κ2) is 7.36. The maximum absolute atomic E-state index is 3.75. The molecular weight excluding hydrogens is 240 g/mol. The van der Waals surface area contributed by atoms with E-state index in [1.807, 2.05) is 6.08 Å². The molecule has 0 fully saturated rings. The Morgan fingerprint density at radius 3 is 2.40 bits per heavy atom. The number of hydrogen-bond donors (Lipinski definition) is 0. The summed E-state index contributed by atoms with van der Waals surface area (Å²) in [5.74, 6) is 6.46. The van der Waals surface area contributed by atoms with E-state index in [0.29, 0.717) is 0 Å². The highest BCUT2D eigenvalue weighted by molar-refractivity contribution is 5.44. The average Bonchev–Trinajstić information content (AvgIpc) is 2.52. The molecule has 0 unspecified atom stereocenters. The zero-order valence-corrected chi connectivity index (χ0v) is 12.0. The van der Waals surface area contributed by atoms with Crippen LogP contribution in [0.2, 0.25) is 0 Å². The Kier molecular flexibility index (Phi) is 5.21. The lowest BCUT2D eigenvalue weighted by molar-refractivity contribution is 1.00. The summed E-state index contributed by atoms with van der Waals surface area (Å²) >= 11 is 0. The van der Waals surface area contributed by atoms with Gasteiger partial charge < -0.3 is 0 Å². The zero-order valence-electron chi connectivity index (χ0n) is 12.0. The molecule has 100 valence electrons. The Morgan fingerprint density at radius 2 is 1.70 bits per heavy atom. The van der Waals surface area contributed by atoms with Crippen LogP contribution in [-0.4, -0.2) is 0 Å². The van der Waals surface area contributed by atoms with Crippen LogP contribution >= 0.6 is 0 Å². The van der Waals surface area contributed by atoms with Crippen LogP contribution in [0.3, 0.4) is 0 Å². The third-order valence-corrected chi connectivity index (χ3v) is 3.28. The quantitative estimate of drug-likeness (QED) is 0.549. The number of benzene rings is 2. The first-order valence-electron chi connectivity index (χ1n) is 7.12.